The van der Waals surface area contributed by atoms with Crippen LogP contribution >= 0.6 is 0 Å². The molecule has 0 radical (unpaired) electrons. The molecule has 3 heterocycles. The van der Waals surface area contributed by atoms with E-state index in [-0.39, 0.29) is 12.4 Å². The summed E-state index contributed by atoms with van der Waals surface area (Å²) in [5, 5.41) is 11.9. The van der Waals surface area contributed by atoms with Crippen molar-refractivity contribution in [2.75, 3.05) is 18.5 Å². The smallest absolute Gasteiger partial charge is 0.147 e. The van der Waals surface area contributed by atoms with Gasteiger partial charge >= 0.3 is 0 Å². The van der Waals surface area contributed by atoms with Gasteiger partial charge in [0.05, 0.1) is 23.8 Å². The van der Waals surface area contributed by atoms with Crippen LogP contribution < -0.4 is 5.32 Å². The third-order valence-corrected chi connectivity index (χ3v) is 3.98. The van der Waals surface area contributed by atoms with Crippen LogP contribution in [-0.2, 0) is 0 Å². The van der Waals surface area contributed by atoms with Crippen LogP contribution in [0.15, 0.2) is 61.1 Å². The molecule has 0 bridgehead atoms. The number of aromatic nitrogens is 4. The maximum atomic E-state index is 13.3. The highest BCUT2D eigenvalue weighted by molar-refractivity contribution is 5.82. The number of fused-ring (bicyclic) bond motifs is 1. The van der Waals surface area contributed by atoms with Crippen molar-refractivity contribution >= 4 is 16.9 Å². The number of aliphatic hydroxyl groups is 1. The zero-order chi connectivity index (χ0) is 17.9. The second kappa shape index (κ2) is 6.89. The minimum Gasteiger partial charge on any atom is -0.395 e. The summed E-state index contributed by atoms with van der Waals surface area (Å²) in [4.78, 5) is 13.3. The predicted octanol–water partition coefficient (Wildman–Crippen LogP) is 3.03. The molecule has 4 aromatic rings. The van der Waals surface area contributed by atoms with Crippen LogP contribution in [0.3, 0.4) is 0 Å². The van der Waals surface area contributed by atoms with Gasteiger partial charge < -0.3 is 10.4 Å². The average molecular weight is 349 g/mol. The molecule has 0 saturated heterocycles. The number of rotatable bonds is 5. The van der Waals surface area contributed by atoms with Gasteiger partial charge in [0.1, 0.15) is 17.5 Å². The number of nitrogens with zero attached hydrogens (tertiary/aromatic N) is 4. The molecule has 0 unspecified atom stereocenters. The van der Waals surface area contributed by atoms with Crippen LogP contribution in [0.4, 0.5) is 10.2 Å². The lowest BCUT2D eigenvalue weighted by Crippen LogP contribution is -2.06. The van der Waals surface area contributed by atoms with Gasteiger partial charge in [-0.05, 0) is 42.5 Å². The molecule has 130 valence electrons. The lowest BCUT2D eigenvalue weighted by atomic mass is 10.2. The standard InChI is InChI=1S/C19H16FN5O/c20-14-2-4-15(5-3-14)25-17-12-21-8-7-16(17)24-19(25)13-1-6-18(23-11-13)22-9-10-26/h1-8,11-12,26H,9-10H2,(H,22,23). The van der Waals surface area contributed by atoms with Crippen LogP contribution in [0.1, 0.15) is 0 Å². The van der Waals surface area contributed by atoms with E-state index in [4.69, 9.17) is 10.1 Å². The number of hydrogen-bond acceptors (Lipinski definition) is 5. The molecule has 1 aromatic carbocycles. The number of anilines is 1. The quantitative estimate of drug-likeness (QED) is 0.579. The Morgan fingerprint density at radius 1 is 1.04 bits per heavy atom. The molecule has 0 aliphatic carbocycles. The molecule has 7 heteroatoms. The van der Waals surface area contributed by atoms with Gasteiger partial charge in [0.2, 0.25) is 0 Å². The third-order valence-electron chi connectivity index (χ3n) is 3.98. The van der Waals surface area contributed by atoms with Crippen LogP contribution in [0, 0.1) is 5.82 Å². The number of benzene rings is 1. The van der Waals surface area contributed by atoms with Crippen molar-refractivity contribution in [3.63, 3.8) is 0 Å². The summed E-state index contributed by atoms with van der Waals surface area (Å²) in [5.74, 6) is 1.08. The molecule has 3 aromatic heterocycles. The minimum atomic E-state index is -0.293. The third kappa shape index (κ3) is 3.00. The summed E-state index contributed by atoms with van der Waals surface area (Å²) in [7, 11) is 0. The Hall–Kier alpha value is -3.32. The molecule has 6 nitrogen and oxygen atoms in total. The molecule has 0 aliphatic rings. The van der Waals surface area contributed by atoms with Crippen molar-refractivity contribution in [1.82, 2.24) is 19.5 Å². The zero-order valence-corrected chi connectivity index (χ0v) is 13.8. The first-order chi connectivity index (χ1) is 12.8. The van der Waals surface area contributed by atoms with E-state index in [0.717, 1.165) is 22.3 Å². The number of halogens is 1. The topological polar surface area (TPSA) is 75.9 Å². The molecule has 0 fully saturated rings. The van der Waals surface area contributed by atoms with Crippen molar-refractivity contribution in [3.05, 3.63) is 66.9 Å². The van der Waals surface area contributed by atoms with Gasteiger partial charge in [-0.15, -0.1) is 0 Å². The SMILES string of the molecule is OCCNc1ccc(-c2nc3ccncc3n2-c2ccc(F)cc2)cn1. The fraction of sp³-hybridized carbons (Fsp3) is 0.105. The van der Waals surface area contributed by atoms with E-state index in [1.807, 2.05) is 22.8 Å². The zero-order valence-electron chi connectivity index (χ0n) is 13.8. The highest BCUT2D eigenvalue weighted by atomic mass is 19.1. The van der Waals surface area contributed by atoms with Crippen molar-refractivity contribution in [2.24, 2.45) is 0 Å². The van der Waals surface area contributed by atoms with Crippen molar-refractivity contribution in [3.8, 4) is 17.1 Å². The number of imidazole rings is 1. The number of hydrogen-bond donors (Lipinski definition) is 2. The van der Waals surface area contributed by atoms with E-state index in [0.29, 0.717) is 18.2 Å². The molecule has 0 amide bonds. The van der Waals surface area contributed by atoms with Gasteiger partial charge in [0, 0.05) is 30.2 Å². The Morgan fingerprint density at radius 3 is 2.62 bits per heavy atom. The largest absolute Gasteiger partial charge is 0.395 e. The molecule has 0 aliphatic heterocycles. The van der Waals surface area contributed by atoms with Gasteiger partial charge in [-0.2, -0.15) is 0 Å². The van der Waals surface area contributed by atoms with E-state index in [1.54, 1.807) is 30.7 Å². The van der Waals surface area contributed by atoms with Crippen LogP contribution in [0.5, 0.6) is 0 Å². The normalized spacial score (nSPS) is 11.0. The molecule has 4 rings (SSSR count). The van der Waals surface area contributed by atoms with Crippen LogP contribution in [-0.4, -0.2) is 37.8 Å². The summed E-state index contributed by atoms with van der Waals surface area (Å²) in [5.41, 5.74) is 3.23. The first-order valence-corrected chi connectivity index (χ1v) is 8.16. The maximum absolute atomic E-state index is 13.3. The molecular weight excluding hydrogens is 333 g/mol. The van der Waals surface area contributed by atoms with E-state index in [9.17, 15) is 4.39 Å². The summed E-state index contributed by atoms with van der Waals surface area (Å²) < 4.78 is 15.3. The van der Waals surface area contributed by atoms with E-state index in [2.05, 4.69) is 15.3 Å². The Morgan fingerprint density at radius 2 is 1.88 bits per heavy atom. The van der Waals surface area contributed by atoms with E-state index >= 15 is 0 Å². The summed E-state index contributed by atoms with van der Waals surface area (Å²) in [6, 6.07) is 11.8. The first-order valence-electron chi connectivity index (χ1n) is 8.16. The summed E-state index contributed by atoms with van der Waals surface area (Å²) >= 11 is 0. The fourth-order valence-electron chi connectivity index (χ4n) is 2.78. The minimum absolute atomic E-state index is 0.0385. The van der Waals surface area contributed by atoms with Gasteiger partial charge in [0.25, 0.3) is 0 Å². The number of nitrogens with one attached hydrogen (secondary N) is 1. The molecular formula is C19H16FN5O. The van der Waals surface area contributed by atoms with E-state index in [1.165, 1.54) is 12.1 Å². The van der Waals surface area contributed by atoms with Crippen LogP contribution in [0.2, 0.25) is 0 Å². The van der Waals surface area contributed by atoms with Gasteiger partial charge in [0.15, 0.2) is 0 Å². The first kappa shape index (κ1) is 16.2. The number of aliphatic hydroxyl groups excluding tert-OH is 1. The molecule has 0 saturated carbocycles. The number of pyridine rings is 2. The highest BCUT2D eigenvalue weighted by Crippen LogP contribution is 2.28. The lowest BCUT2D eigenvalue weighted by Gasteiger charge is -2.10. The Bertz CT molecular complexity index is 1030. The van der Waals surface area contributed by atoms with E-state index < -0.39 is 0 Å². The molecule has 0 atom stereocenters. The van der Waals surface area contributed by atoms with Gasteiger partial charge in [-0.3, -0.25) is 9.55 Å². The van der Waals surface area contributed by atoms with Gasteiger partial charge in [-0.1, -0.05) is 0 Å². The molecule has 2 N–H and O–H groups in total. The molecule has 0 spiro atoms. The second-order valence-corrected chi connectivity index (χ2v) is 5.69. The second-order valence-electron chi connectivity index (χ2n) is 5.69. The van der Waals surface area contributed by atoms with Gasteiger partial charge in [-0.25, -0.2) is 14.4 Å². The predicted molar refractivity (Wildman–Crippen MR) is 97.6 cm³/mol. The summed E-state index contributed by atoms with van der Waals surface area (Å²) in [6.45, 7) is 0.475. The monoisotopic (exact) mass is 349 g/mol. The Balaban J connectivity index is 1.84. The molecule has 26 heavy (non-hydrogen) atoms. The Kier molecular flexibility index (Phi) is 4.28. The summed E-state index contributed by atoms with van der Waals surface area (Å²) in [6.07, 6.45) is 5.14. The lowest BCUT2D eigenvalue weighted by molar-refractivity contribution is 0.311. The van der Waals surface area contributed by atoms with Crippen molar-refractivity contribution in [2.45, 2.75) is 0 Å². The maximum Gasteiger partial charge on any atom is 0.147 e. The fourth-order valence-corrected chi connectivity index (χ4v) is 2.78. The van der Waals surface area contributed by atoms with Crippen LogP contribution in [0.25, 0.3) is 28.1 Å². The average Bonchev–Trinajstić information content (AvgIpc) is 3.07. The Labute approximate surface area is 149 Å². The van der Waals surface area contributed by atoms with Crippen molar-refractivity contribution in [1.29, 1.82) is 0 Å². The highest BCUT2D eigenvalue weighted by Gasteiger charge is 2.15. The van der Waals surface area contributed by atoms with Crippen molar-refractivity contribution < 1.29 is 9.50 Å².